The van der Waals surface area contributed by atoms with E-state index in [9.17, 15) is 0 Å². The van der Waals surface area contributed by atoms with Crippen molar-refractivity contribution in [3.8, 4) is 0 Å². The molecule has 0 amide bonds. The Morgan fingerprint density at radius 1 is 1.15 bits per heavy atom. The van der Waals surface area contributed by atoms with E-state index in [4.69, 9.17) is 11.8 Å². The van der Waals surface area contributed by atoms with Gasteiger partial charge in [0.05, 0.1) is 0 Å². The van der Waals surface area contributed by atoms with Crippen LogP contribution >= 0.6 is 11.8 Å². The molecular weight excluding hydrogens is 182 g/mol. The number of halogens is 1. The average Bonchev–Trinajstić information content (AvgIpc) is 2.17. The maximum atomic E-state index is 5.57. The SMILES string of the molecule is CC(C)c1cccc(C(C)NCl)c1. The highest BCUT2D eigenvalue weighted by molar-refractivity contribution is 6.13. The Balaban J connectivity index is 2.91. The van der Waals surface area contributed by atoms with Gasteiger partial charge in [0.2, 0.25) is 0 Å². The standard InChI is InChI=1S/C11H16ClN/c1-8(2)10-5-4-6-11(7-10)9(3)13-12/h4-9,13H,1-3H3. The van der Waals surface area contributed by atoms with E-state index in [-0.39, 0.29) is 6.04 Å². The molecule has 0 radical (unpaired) electrons. The van der Waals surface area contributed by atoms with Gasteiger partial charge in [0, 0.05) is 6.04 Å². The summed E-state index contributed by atoms with van der Waals surface area (Å²) in [5.74, 6) is 0.572. The molecule has 1 nitrogen and oxygen atoms in total. The lowest BCUT2D eigenvalue weighted by Gasteiger charge is -2.12. The van der Waals surface area contributed by atoms with Crippen molar-refractivity contribution in [2.45, 2.75) is 32.7 Å². The van der Waals surface area contributed by atoms with Gasteiger partial charge < -0.3 is 0 Å². The number of hydrogen-bond acceptors (Lipinski definition) is 1. The van der Waals surface area contributed by atoms with Crippen LogP contribution in [0.25, 0.3) is 0 Å². The molecule has 2 heteroatoms. The molecule has 0 heterocycles. The summed E-state index contributed by atoms with van der Waals surface area (Å²) in [6.45, 7) is 6.43. The number of hydrogen-bond donors (Lipinski definition) is 1. The van der Waals surface area contributed by atoms with Crippen LogP contribution in [0.3, 0.4) is 0 Å². The Hall–Kier alpha value is -0.530. The van der Waals surface area contributed by atoms with Gasteiger partial charge in [0.15, 0.2) is 0 Å². The van der Waals surface area contributed by atoms with Gasteiger partial charge >= 0.3 is 0 Å². The van der Waals surface area contributed by atoms with E-state index in [2.05, 4.69) is 42.9 Å². The van der Waals surface area contributed by atoms with E-state index in [1.807, 2.05) is 6.92 Å². The van der Waals surface area contributed by atoms with Crippen molar-refractivity contribution >= 4 is 11.8 Å². The van der Waals surface area contributed by atoms with Crippen molar-refractivity contribution < 1.29 is 0 Å². The molecule has 1 aromatic carbocycles. The van der Waals surface area contributed by atoms with E-state index in [0.29, 0.717) is 5.92 Å². The third-order valence-corrected chi connectivity index (χ3v) is 2.57. The maximum absolute atomic E-state index is 5.57. The van der Waals surface area contributed by atoms with Gasteiger partial charge in [0.1, 0.15) is 0 Å². The molecule has 1 aromatic rings. The van der Waals surface area contributed by atoms with E-state index < -0.39 is 0 Å². The van der Waals surface area contributed by atoms with Gasteiger partial charge in [-0.15, -0.1) is 0 Å². The molecule has 72 valence electrons. The van der Waals surface area contributed by atoms with Crippen LogP contribution in [-0.4, -0.2) is 0 Å². The number of rotatable bonds is 3. The zero-order valence-corrected chi connectivity index (χ0v) is 9.10. The van der Waals surface area contributed by atoms with Crippen LogP contribution in [-0.2, 0) is 0 Å². The second-order valence-corrected chi connectivity index (χ2v) is 3.87. The first-order valence-electron chi connectivity index (χ1n) is 4.61. The average molecular weight is 198 g/mol. The topological polar surface area (TPSA) is 12.0 Å². The summed E-state index contributed by atoms with van der Waals surface area (Å²) >= 11 is 5.57. The second kappa shape index (κ2) is 4.64. The molecule has 1 unspecified atom stereocenters. The highest BCUT2D eigenvalue weighted by Gasteiger charge is 2.05. The summed E-state index contributed by atoms with van der Waals surface area (Å²) in [6, 6.07) is 8.72. The van der Waals surface area contributed by atoms with Crippen molar-refractivity contribution in [3.63, 3.8) is 0 Å². The van der Waals surface area contributed by atoms with E-state index >= 15 is 0 Å². The summed E-state index contributed by atoms with van der Waals surface area (Å²) in [5.41, 5.74) is 2.59. The summed E-state index contributed by atoms with van der Waals surface area (Å²) in [5, 5.41) is 0. The fourth-order valence-corrected chi connectivity index (χ4v) is 1.38. The molecule has 0 bridgehead atoms. The van der Waals surface area contributed by atoms with Crippen LogP contribution in [0.5, 0.6) is 0 Å². The van der Waals surface area contributed by atoms with Crippen molar-refractivity contribution in [3.05, 3.63) is 35.4 Å². The van der Waals surface area contributed by atoms with Crippen LogP contribution in [0.4, 0.5) is 0 Å². The molecule has 1 N–H and O–H groups in total. The van der Waals surface area contributed by atoms with Crippen molar-refractivity contribution in [2.24, 2.45) is 0 Å². The van der Waals surface area contributed by atoms with Gasteiger partial charge in [-0.3, -0.25) is 0 Å². The van der Waals surface area contributed by atoms with E-state index in [0.717, 1.165) is 0 Å². The van der Waals surface area contributed by atoms with E-state index in [1.165, 1.54) is 11.1 Å². The Morgan fingerprint density at radius 3 is 2.31 bits per heavy atom. The summed E-state index contributed by atoms with van der Waals surface area (Å²) in [6.07, 6.45) is 0. The minimum atomic E-state index is 0.209. The molecule has 0 aliphatic carbocycles. The summed E-state index contributed by atoms with van der Waals surface area (Å²) in [7, 11) is 0. The zero-order chi connectivity index (χ0) is 9.84. The van der Waals surface area contributed by atoms with Crippen molar-refractivity contribution in [2.75, 3.05) is 0 Å². The smallest absolute Gasteiger partial charge is 0.0442 e. The first kappa shape index (κ1) is 10.6. The van der Waals surface area contributed by atoms with Gasteiger partial charge in [-0.05, 0) is 35.7 Å². The lowest BCUT2D eigenvalue weighted by Crippen LogP contribution is -2.06. The van der Waals surface area contributed by atoms with Crippen molar-refractivity contribution in [1.82, 2.24) is 4.84 Å². The Bertz CT molecular complexity index is 271. The minimum absolute atomic E-state index is 0.209. The molecule has 1 atom stereocenters. The first-order valence-corrected chi connectivity index (χ1v) is 4.99. The molecule has 0 aromatic heterocycles. The largest absolute Gasteiger partial charge is 0.226 e. The molecular formula is C11H16ClN. The summed E-state index contributed by atoms with van der Waals surface area (Å²) in [4.78, 5) is 2.72. The highest BCUT2D eigenvalue weighted by Crippen LogP contribution is 2.19. The number of nitrogens with one attached hydrogen (secondary N) is 1. The molecule has 0 saturated carbocycles. The number of benzene rings is 1. The predicted molar refractivity (Wildman–Crippen MR) is 57.9 cm³/mol. The molecule has 0 spiro atoms. The molecule has 13 heavy (non-hydrogen) atoms. The third kappa shape index (κ3) is 2.71. The molecule has 0 fully saturated rings. The van der Waals surface area contributed by atoms with Crippen LogP contribution in [0.15, 0.2) is 24.3 Å². The highest BCUT2D eigenvalue weighted by atomic mass is 35.5. The van der Waals surface area contributed by atoms with Crippen molar-refractivity contribution in [1.29, 1.82) is 0 Å². The molecule has 0 aliphatic heterocycles. The van der Waals surface area contributed by atoms with Crippen LogP contribution in [0, 0.1) is 0 Å². The predicted octanol–water partition coefficient (Wildman–Crippen LogP) is 3.61. The monoisotopic (exact) mass is 197 g/mol. The molecule has 1 rings (SSSR count). The molecule has 0 aliphatic rings. The Labute approximate surface area is 85.2 Å². The minimum Gasteiger partial charge on any atom is -0.226 e. The normalized spacial score (nSPS) is 13.3. The van der Waals surface area contributed by atoms with Crippen LogP contribution in [0.2, 0.25) is 0 Å². The quantitative estimate of drug-likeness (QED) is 0.730. The van der Waals surface area contributed by atoms with Gasteiger partial charge in [0.25, 0.3) is 0 Å². The zero-order valence-electron chi connectivity index (χ0n) is 8.34. The summed E-state index contributed by atoms with van der Waals surface area (Å²) < 4.78 is 0. The van der Waals surface area contributed by atoms with Gasteiger partial charge in [-0.25, -0.2) is 4.84 Å². The van der Waals surface area contributed by atoms with E-state index in [1.54, 1.807) is 0 Å². The van der Waals surface area contributed by atoms with Gasteiger partial charge in [-0.2, -0.15) is 0 Å². The van der Waals surface area contributed by atoms with Crippen LogP contribution < -0.4 is 4.84 Å². The lowest BCUT2D eigenvalue weighted by atomic mass is 9.99. The van der Waals surface area contributed by atoms with Crippen LogP contribution in [0.1, 0.15) is 43.9 Å². The Morgan fingerprint density at radius 2 is 1.77 bits per heavy atom. The first-order chi connectivity index (χ1) is 6.15. The fourth-order valence-electron chi connectivity index (χ4n) is 1.25. The third-order valence-electron chi connectivity index (χ3n) is 2.24. The second-order valence-electron chi connectivity index (χ2n) is 3.66. The molecule has 0 saturated heterocycles. The lowest BCUT2D eigenvalue weighted by molar-refractivity contribution is 0.740. The Kier molecular flexibility index (Phi) is 3.76. The maximum Gasteiger partial charge on any atom is 0.0442 e. The fraction of sp³-hybridized carbons (Fsp3) is 0.455. The van der Waals surface area contributed by atoms with Gasteiger partial charge in [-0.1, -0.05) is 38.1 Å².